The Balaban J connectivity index is 2.05. The molecular weight excluding hydrogens is 219 g/mol. The van der Waals surface area contributed by atoms with Crippen molar-refractivity contribution >= 4 is 5.91 Å². The number of nitrogens with two attached hydrogens (primary N) is 1. The second-order valence-corrected chi connectivity index (χ2v) is 4.70. The molecule has 0 bridgehead atoms. The van der Waals surface area contributed by atoms with Gasteiger partial charge < -0.3 is 11.1 Å². The molecule has 0 spiro atoms. The van der Waals surface area contributed by atoms with Crippen LogP contribution in [0.15, 0.2) is 24.3 Å². The number of halogens is 1. The minimum Gasteiger partial charge on any atom is -0.349 e. The van der Waals surface area contributed by atoms with Crippen LogP contribution >= 0.6 is 0 Å². The number of amides is 1. The Kier molecular flexibility index (Phi) is 3.15. The van der Waals surface area contributed by atoms with Gasteiger partial charge in [-0.15, -0.1) is 0 Å². The fourth-order valence-electron chi connectivity index (χ4n) is 1.93. The second kappa shape index (κ2) is 4.45. The smallest absolute Gasteiger partial charge is 0.227 e. The van der Waals surface area contributed by atoms with Gasteiger partial charge in [0, 0.05) is 12.1 Å². The van der Waals surface area contributed by atoms with Gasteiger partial charge in [-0.3, -0.25) is 4.79 Å². The van der Waals surface area contributed by atoms with Crippen LogP contribution in [0.3, 0.4) is 0 Å². The number of benzene rings is 1. The first kappa shape index (κ1) is 12.0. The summed E-state index contributed by atoms with van der Waals surface area (Å²) >= 11 is 0. The van der Waals surface area contributed by atoms with E-state index in [-0.39, 0.29) is 23.2 Å². The molecule has 2 rings (SSSR count). The van der Waals surface area contributed by atoms with E-state index in [4.69, 9.17) is 5.73 Å². The molecule has 0 aliphatic heterocycles. The van der Waals surface area contributed by atoms with Crippen LogP contribution in [0.4, 0.5) is 4.39 Å². The minimum absolute atomic E-state index is 0.0595. The molecule has 1 aliphatic rings. The summed E-state index contributed by atoms with van der Waals surface area (Å²) in [5.74, 6) is -0.353. The van der Waals surface area contributed by atoms with Crippen molar-refractivity contribution < 1.29 is 9.18 Å². The summed E-state index contributed by atoms with van der Waals surface area (Å²) in [6.45, 7) is 2.14. The van der Waals surface area contributed by atoms with Gasteiger partial charge in [-0.1, -0.05) is 18.2 Å². The van der Waals surface area contributed by atoms with Gasteiger partial charge in [0.2, 0.25) is 5.91 Å². The van der Waals surface area contributed by atoms with E-state index in [0.717, 1.165) is 12.8 Å². The SMILES string of the molecule is C[C@@H](NC(=O)C1(CN)CC1)c1ccccc1F. The van der Waals surface area contributed by atoms with Gasteiger partial charge in [-0.2, -0.15) is 0 Å². The Bertz CT molecular complexity index is 429. The summed E-state index contributed by atoms with van der Waals surface area (Å²) in [7, 11) is 0. The van der Waals surface area contributed by atoms with Crippen LogP contribution in [0, 0.1) is 11.2 Å². The number of rotatable bonds is 4. The van der Waals surface area contributed by atoms with E-state index in [1.165, 1.54) is 6.07 Å². The quantitative estimate of drug-likeness (QED) is 0.836. The maximum Gasteiger partial charge on any atom is 0.227 e. The molecule has 1 saturated carbocycles. The van der Waals surface area contributed by atoms with E-state index in [0.29, 0.717) is 12.1 Å². The molecule has 1 fully saturated rings. The van der Waals surface area contributed by atoms with Crippen LogP contribution in [0.25, 0.3) is 0 Å². The molecule has 1 aromatic carbocycles. The summed E-state index contributed by atoms with van der Waals surface area (Å²) in [6.07, 6.45) is 1.67. The Hall–Kier alpha value is -1.42. The molecule has 17 heavy (non-hydrogen) atoms. The largest absolute Gasteiger partial charge is 0.349 e. The number of nitrogens with one attached hydrogen (secondary N) is 1. The zero-order valence-electron chi connectivity index (χ0n) is 9.87. The molecule has 3 N–H and O–H groups in total. The average Bonchev–Trinajstić information content (AvgIpc) is 3.10. The first-order chi connectivity index (χ1) is 8.09. The molecule has 1 amide bonds. The summed E-state index contributed by atoms with van der Waals surface area (Å²) in [6, 6.07) is 6.15. The van der Waals surface area contributed by atoms with Crippen LogP contribution in [0.5, 0.6) is 0 Å². The van der Waals surface area contributed by atoms with Crippen molar-refractivity contribution in [3.8, 4) is 0 Å². The predicted octanol–water partition coefficient (Wildman–Crippen LogP) is 1.74. The third-order valence-corrected chi connectivity index (χ3v) is 3.45. The minimum atomic E-state index is -0.389. The third kappa shape index (κ3) is 2.31. The third-order valence-electron chi connectivity index (χ3n) is 3.45. The van der Waals surface area contributed by atoms with Gasteiger partial charge in [-0.05, 0) is 25.8 Å². The fourth-order valence-corrected chi connectivity index (χ4v) is 1.93. The van der Waals surface area contributed by atoms with E-state index in [2.05, 4.69) is 5.32 Å². The van der Waals surface area contributed by atoms with Gasteiger partial charge in [0.05, 0.1) is 11.5 Å². The molecule has 0 saturated heterocycles. The lowest BCUT2D eigenvalue weighted by molar-refractivity contribution is -0.126. The highest BCUT2D eigenvalue weighted by Gasteiger charge is 2.48. The molecule has 0 radical (unpaired) electrons. The van der Waals surface area contributed by atoms with Gasteiger partial charge in [0.25, 0.3) is 0 Å². The average molecular weight is 236 g/mol. The monoisotopic (exact) mass is 236 g/mol. The van der Waals surface area contributed by atoms with Crippen molar-refractivity contribution in [1.29, 1.82) is 0 Å². The molecule has 1 atom stereocenters. The topological polar surface area (TPSA) is 55.1 Å². The lowest BCUT2D eigenvalue weighted by Crippen LogP contribution is -2.38. The number of carbonyl (C=O) groups excluding carboxylic acids is 1. The molecule has 0 unspecified atom stereocenters. The highest BCUT2D eigenvalue weighted by Crippen LogP contribution is 2.45. The molecule has 0 aromatic heterocycles. The van der Waals surface area contributed by atoms with Gasteiger partial charge in [0.15, 0.2) is 0 Å². The normalized spacial score (nSPS) is 18.5. The van der Waals surface area contributed by atoms with E-state index in [9.17, 15) is 9.18 Å². The van der Waals surface area contributed by atoms with Crippen molar-refractivity contribution in [2.75, 3.05) is 6.54 Å². The molecule has 1 aromatic rings. The lowest BCUT2D eigenvalue weighted by atomic mass is 10.0. The fraction of sp³-hybridized carbons (Fsp3) is 0.462. The second-order valence-electron chi connectivity index (χ2n) is 4.70. The summed E-state index contributed by atoms with van der Waals surface area (Å²) in [5.41, 5.74) is 5.70. The highest BCUT2D eigenvalue weighted by molar-refractivity contribution is 5.85. The highest BCUT2D eigenvalue weighted by atomic mass is 19.1. The van der Waals surface area contributed by atoms with E-state index >= 15 is 0 Å². The Morgan fingerprint density at radius 2 is 2.18 bits per heavy atom. The molecule has 3 nitrogen and oxygen atoms in total. The van der Waals surface area contributed by atoms with E-state index < -0.39 is 0 Å². The van der Waals surface area contributed by atoms with E-state index in [1.54, 1.807) is 25.1 Å². The van der Waals surface area contributed by atoms with Crippen molar-refractivity contribution in [1.82, 2.24) is 5.32 Å². The maximum atomic E-state index is 13.5. The van der Waals surface area contributed by atoms with Crippen molar-refractivity contribution in [2.24, 2.45) is 11.1 Å². The lowest BCUT2D eigenvalue weighted by Gasteiger charge is -2.19. The Morgan fingerprint density at radius 3 is 2.71 bits per heavy atom. The zero-order valence-corrected chi connectivity index (χ0v) is 9.87. The van der Waals surface area contributed by atoms with E-state index in [1.807, 2.05) is 0 Å². The Morgan fingerprint density at radius 1 is 1.53 bits per heavy atom. The van der Waals surface area contributed by atoms with Crippen LogP contribution in [-0.2, 0) is 4.79 Å². The summed E-state index contributed by atoms with van der Waals surface area (Å²) in [5, 5.41) is 2.83. The van der Waals surface area contributed by atoms with Crippen LogP contribution in [-0.4, -0.2) is 12.5 Å². The zero-order chi connectivity index (χ0) is 12.5. The number of hydrogen-bond acceptors (Lipinski definition) is 2. The van der Waals surface area contributed by atoms with Gasteiger partial charge >= 0.3 is 0 Å². The summed E-state index contributed by atoms with van der Waals surface area (Å²) in [4.78, 5) is 11.9. The molecular formula is C13H17FN2O. The van der Waals surface area contributed by atoms with Gasteiger partial charge in [-0.25, -0.2) is 4.39 Å². The maximum absolute atomic E-state index is 13.5. The van der Waals surface area contributed by atoms with Crippen LogP contribution < -0.4 is 11.1 Å². The van der Waals surface area contributed by atoms with Crippen molar-refractivity contribution in [3.63, 3.8) is 0 Å². The first-order valence-electron chi connectivity index (χ1n) is 5.84. The molecule has 0 heterocycles. The molecule has 4 heteroatoms. The van der Waals surface area contributed by atoms with Crippen molar-refractivity contribution in [2.45, 2.75) is 25.8 Å². The molecule has 1 aliphatic carbocycles. The number of hydrogen-bond donors (Lipinski definition) is 2. The summed E-state index contributed by atoms with van der Waals surface area (Å²) < 4.78 is 13.5. The predicted molar refractivity (Wildman–Crippen MR) is 63.7 cm³/mol. The molecule has 92 valence electrons. The van der Waals surface area contributed by atoms with Crippen LogP contribution in [0.1, 0.15) is 31.4 Å². The van der Waals surface area contributed by atoms with Crippen LogP contribution in [0.2, 0.25) is 0 Å². The van der Waals surface area contributed by atoms with Gasteiger partial charge in [0.1, 0.15) is 5.82 Å². The standard InChI is InChI=1S/C13H17FN2O/c1-9(10-4-2-3-5-11(10)14)16-12(17)13(8-15)6-7-13/h2-5,9H,6-8,15H2,1H3,(H,16,17)/t9-/m1/s1. The van der Waals surface area contributed by atoms with Crippen molar-refractivity contribution in [3.05, 3.63) is 35.6 Å². The Labute approximate surface area is 100 Å². The number of carbonyl (C=O) groups is 1. The first-order valence-corrected chi connectivity index (χ1v) is 5.84.